The Morgan fingerprint density at radius 1 is 0.525 bits per heavy atom. The van der Waals surface area contributed by atoms with Gasteiger partial charge in [-0.2, -0.15) is 0 Å². The molecule has 4 nitrogen and oxygen atoms in total. The van der Waals surface area contributed by atoms with E-state index in [1.165, 1.54) is 154 Å². The molecule has 1 N–H and O–H groups in total. The lowest BCUT2D eigenvalue weighted by molar-refractivity contribution is -0.151. The van der Waals surface area contributed by atoms with Gasteiger partial charge in [0.05, 0.1) is 12.3 Å². The van der Waals surface area contributed by atoms with Crippen LogP contribution in [0.15, 0.2) is 25.3 Å². The number of rotatable bonds is 33. The highest BCUT2D eigenvalue weighted by atomic mass is 16.5. The van der Waals surface area contributed by atoms with Crippen molar-refractivity contribution in [2.45, 2.75) is 180 Å². The molecule has 0 saturated heterocycles. The van der Waals surface area contributed by atoms with Crippen LogP contribution < -0.4 is 0 Å². The van der Waals surface area contributed by atoms with Crippen LogP contribution in [0.3, 0.4) is 0 Å². The molecule has 40 heavy (non-hydrogen) atoms. The van der Waals surface area contributed by atoms with Crippen LogP contribution in [0.25, 0.3) is 0 Å². The summed E-state index contributed by atoms with van der Waals surface area (Å²) < 4.78 is 4.91. The van der Waals surface area contributed by atoms with E-state index in [9.17, 15) is 14.7 Å². The molecule has 0 spiro atoms. The Kier molecular flexibility index (Phi) is 30.7. The molecule has 0 aliphatic heterocycles. The normalized spacial score (nSPS) is 11.8. The summed E-state index contributed by atoms with van der Waals surface area (Å²) in [5.74, 6) is -1.98. The van der Waals surface area contributed by atoms with Gasteiger partial charge in [-0.05, 0) is 19.3 Å². The minimum absolute atomic E-state index is 0.0406. The second-order valence-corrected chi connectivity index (χ2v) is 11.9. The van der Waals surface area contributed by atoms with Gasteiger partial charge in [-0.15, -0.1) is 6.58 Å². The van der Waals surface area contributed by atoms with Gasteiger partial charge in [0.25, 0.3) is 0 Å². The van der Waals surface area contributed by atoms with Crippen LogP contribution >= 0.6 is 0 Å². The van der Waals surface area contributed by atoms with Crippen molar-refractivity contribution in [1.82, 2.24) is 0 Å². The number of esters is 1. The van der Waals surface area contributed by atoms with Crippen molar-refractivity contribution in [2.75, 3.05) is 6.61 Å². The predicted molar refractivity (Wildman–Crippen MR) is 172 cm³/mol. The monoisotopic (exact) mass is 562 g/mol. The molecular weight excluding hydrogens is 496 g/mol. The Balaban J connectivity index is 3.26. The Morgan fingerprint density at radius 3 is 1.15 bits per heavy atom. The predicted octanol–water partition coefficient (Wildman–Crippen LogP) is 11.5. The summed E-state index contributed by atoms with van der Waals surface area (Å²) in [7, 11) is 0. The molecule has 0 saturated carbocycles. The standard InChI is InChI=1S/C36H66O4/c1-3-5-6-7-8-9-10-11-12-13-14-15-16-17-18-19-20-21-22-23-24-25-26-27-28-29-30-31-34(36(38)39)33-35(37)40-32-4-2/h3-4,34H,1-2,5-33H2,(H,38,39). The molecule has 0 rings (SSSR count). The number of carboxylic acid groups (broad SMARTS) is 1. The third-order valence-corrected chi connectivity index (χ3v) is 8.09. The average molecular weight is 563 g/mol. The molecule has 234 valence electrons. The zero-order chi connectivity index (χ0) is 29.4. The highest BCUT2D eigenvalue weighted by Gasteiger charge is 2.21. The zero-order valence-corrected chi connectivity index (χ0v) is 26.3. The van der Waals surface area contributed by atoms with Crippen molar-refractivity contribution in [2.24, 2.45) is 5.92 Å². The maximum absolute atomic E-state index is 11.6. The van der Waals surface area contributed by atoms with Crippen LogP contribution in [0, 0.1) is 5.92 Å². The minimum Gasteiger partial charge on any atom is -0.481 e. The quantitative estimate of drug-likeness (QED) is 0.0491. The Bertz CT molecular complexity index is 585. The summed E-state index contributed by atoms with van der Waals surface area (Å²) in [6, 6.07) is 0. The SMILES string of the molecule is C=CCCCCCCCCCCCCCCCCCCCCCCCCCCCC(CC(=O)OCC=C)C(=O)O. The number of carbonyl (C=O) groups excluding carboxylic acids is 1. The Morgan fingerprint density at radius 2 is 0.850 bits per heavy atom. The fraction of sp³-hybridized carbons (Fsp3) is 0.833. The van der Waals surface area contributed by atoms with E-state index in [4.69, 9.17) is 4.74 Å². The van der Waals surface area contributed by atoms with Crippen molar-refractivity contribution < 1.29 is 19.4 Å². The van der Waals surface area contributed by atoms with Gasteiger partial charge in [-0.25, -0.2) is 0 Å². The van der Waals surface area contributed by atoms with E-state index in [1.807, 2.05) is 6.08 Å². The maximum atomic E-state index is 11.6. The van der Waals surface area contributed by atoms with Gasteiger partial charge >= 0.3 is 11.9 Å². The van der Waals surface area contributed by atoms with Crippen LogP contribution in [0.2, 0.25) is 0 Å². The van der Waals surface area contributed by atoms with Crippen molar-refractivity contribution >= 4 is 11.9 Å². The molecule has 0 aliphatic rings. The number of carboxylic acids is 1. The van der Waals surface area contributed by atoms with Gasteiger partial charge in [-0.3, -0.25) is 9.59 Å². The molecule has 0 aromatic rings. The summed E-state index contributed by atoms with van der Waals surface area (Å²) in [6.07, 6.45) is 39.0. The number of allylic oxidation sites excluding steroid dienone is 1. The van der Waals surface area contributed by atoms with Gasteiger partial charge in [0.1, 0.15) is 6.61 Å². The zero-order valence-electron chi connectivity index (χ0n) is 26.3. The van der Waals surface area contributed by atoms with Crippen molar-refractivity contribution in [3.63, 3.8) is 0 Å². The molecule has 0 radical (unpaired) electrons. The number of hydrogen-bond donors (Lipinski definition) is 1. The molecule has 1 unspecified atom stereocenters. The summed E-state index contributed by atoms with van der Waals surface area (Å²) in [5.41, 5.74) is 0. The fourth-order valence-corrected chi connectivity index (χ4v) is 5.47. The van der Waals surface area contributed by atoms with Gasteiger partial charge in [0.15, 0.2) is 0 Å². The Labute approximate surface area is 248 Å². The molecule has 0 fully saturated rings. The van der Waals surface area contributed by atoms with Crippen LogP contribution in [0.4, 0.5) is 0 Å². The lowest BCUT2D eigenvalue weighted by Crippen LogP contribution is -2.19. The highest BCUT2D eigenvalue weighted by molar-refractivity contribution is 5.78. The second-order valence-electron chi connectivity index (χ2n) is 11.9. The number of hydrogen-bond acceptors (Lipinski definition) is 3. The second kappa shape index (κ2) is 31.9. The third kappa shape index (κ3) is 29.4. The summed E-state index contributed by atoms with van der Waals surface area (Å²) in [5, 5.41) is 9.32. The van der Waals surface area contributed by atoms with E-state index in [2.05, 4.69) is 13.2 Å². The highest BCUT2D eigenvalue weighted by Crippen LogP contribution is 2.18. The minimum atomic E-state index is -0.899. The molecule has 0 aromatic carbocycles. The van der Waals surface area contributed by atoms with Crippen LogP contribution in [0.5, 0.6) is 0 Å². The van der Waals surface area contributed by atoms with Crippen LogP contribution in [0.1, 0.15) is 180 Å². The van der Waals surface area contributed by atoms with E-state index in [-0.39, 0.29) is 13.0 Å². The third-order valence-electron chi connectivity index (χ3n) is 8.09. The fourth-order valence-electron chi connectivity index (χ4n) is 5.47. The molecule has 0 heterocycles. The number of ether oxygens (including phenoxy) is 1. The first kappa shape index (κ1) is 38.4. The summed E-state index contributed by atoms with van der Waals surface area (Å²) in [6.45, 7) is 7.43. The van der Waals surface area contributed by atoms with Gasteiger partial charge in [0, 0.05) is 0 Å². The lowest BCUT2D eigenvalue weighted by Gasteiger charge is -2.11. The van der Waals surface area contributed by atoms with E-state index in [1.54, 1.807) is 0 Å². The van der Waals surface area contributed by atoms with Crippen LogP contribution in [-0.4, -0.2) is 23.7 Å². The maximum Gasteiger partial charge on any atom is 0.307 e. The topological polar surface area (TPSA) is 63.6 Å². The smallest absolute Gasteiger partial charge is 0.307 e. The van der Waals surface area contributed by atoms with Gasteiger partial charge in [-0.1, -0.05) is 173 Å². The van der Waals surface area contributed by atoms with Crippen molar-refractivity contribution in [1.29, 1.82) is 0 Å². The van der Waals surface area contributed by atoms with E-state index in [0.29, 0.717) is 6.42 Å². The van der Waals surface area contributed by atoms with E-state index >= 15 is 0 Å². The summed E-state index contributed by atoms with van der Waals surface area (Å²) >= 11 is 0. The summed E-state index contributed by atoms with van der Waals surface area (Å²) in [4.78, 5) is 23.0. The first-order valence-electron chi connectivity index (χ1n) is 17.2. The van der Waals surface area contributed by atoms with Crippen molar-refractivity contribution in [3.8, 4) is 0 Å². The molecule has 1 atom stereocenters. The molecule has 0 bridgehead atoms. The van der Waals surface area contributed by atoms with Gasteiger partial charge < -0.3 is 9.84 Å². The number of unbranched alkanes of at least 4 members (excludes halogenated alkanes) is 25. The molecule has 0 aromatic heterocycles. The number of carbonyl (C=O) groups is 2. The largest absolute Gasteiger partial charge is 0.481 e. The van der Waals surface area contributed by atoms with E-state index < -0.39 is 17.9 Å². The Hall–Kier alpha value is -1.58. The molecule has 4 heteroatoms. The van der Waals surface area contributed by atoms with Crippen molar-refractivity contribution in [3.05, 3.63) is 25.3 Å². The van der Waals surface area contributed by atoms with E-state index in [0.717, 1.165) is 19.3 Å². The number of aliphatic carboxylic acids is 1. The first-order valence-corrected chi connectivity index (χ1v) is 17.2. The molecule has 0 aliphatic carbocycles. The molecule has 0 amide bonds. The first-order chi connectivity index (χ1) is 19.6. The van der Waals surface area contributed by atoms with Crippen LogP contribution in [-0.2, 0) is 14.3 Å². The van der Waals surface area contributed by atoms with Gasteiger partial charge in [0.2, 0.25) is 0 Å². The average Bonchev–Trinajstić information content (AvgIpc) is 2.94. The molecular formula is C36H66O4. The lowest BCUT2D eigenvalue weighted by atomic mass is 9.97.